The Morgan fingerprint density at radius 1 is 0.625 bits per heavy atom. The Kier molecular flexibility index (Phi) is 12.4. The molecule has 0 atom stereocenters. The predicted octanol–water partition coefficient (Wildman–Crippen LogP) is 1.33. The molecular weight excluding hydrogens is 248 g/mol. The van der Waals surface area contributed by atoms with Crippen molar-refractivity contribution in [1.82, 2.24) is 0 Å². The van der Waals surface area contributed by atoms with E-state index in [1.807, 2.05) is 0 Å². The Balaban J connectivity index is 2.93. The van der Waals surface area contributed by atoms with Gasteiger partial charge in [0.1, 0.15) is 0 Å². The molecule has 98 valence electrons. The van der Waals surface area contributed by atoms with Gasteiger partial charge < -0.3 is 20.4 Å². The summed E-state index contributed by atoms with van der Waals surface area (Å²) in [5.74, 6) is 2.06. The fourth-order valence-corrected chi connectivity index (χ4v) is 3.39. The molecule has 0 heterocycles. The molecule has 0 bridgehead atoms. The SMILES string of the molecule is OC(O)CCCCSSCCCCC(O)O. The van der Waals surface area contributed by atoms with E-state index in [-0.39, 0.29) is 0 Å². The molecule has 0 aromatic rings. The van der Waals surface area contributed by atoms with Gasteiger partial charge in [-0.3, -0.25) is 0 Å². The molecule has 0 fully saturated rings. The molecule has 0 rings (SSSR count). The van der Waals surface area contributed by atoms with Gasteiger partial charge >= 0.3 is 0 Å². The highest BCUT2D eigenvalue weighted by Crippen LogP contribution is 2.24. The van der Waals surface area contributed by atoms with E-state index < -0.39 is 12.6 Å². The zero-order valence-corrected chi connectivity index (χ0v) is 11.0. The molecule has 0 aliphatic rings. The number of rotatable bonds is 11. The maximum Gasteiger partial charge on any atom is 0.151 e. The first kappa shape index (κ1) is 16.5. The van der Waals surface area contributed by atoms with Gasteiger partial charge in [0.25, 0.3) is 0 Å². The molecule has 0 aliphatic carbocycles. The van der Waals surface area contributed by atoms with Gasteiger partial charge in [-0.15, -0.1) is 0 Å². The lowest BCUT2D eigenvalue weighted by molar-refractivity contribution is -0.0469. The predicted molar refractivity (Wildman–Crippen MR) is 69.1 cm³/mol. The van der Waals surface area contributed by atoms with E-state index in [0.717, 1.165) is 37.2 Å². The van der Waals surface area contributed by atoms with Crippen LogP contribution in [0.5, 0.6) is 0 Å². The van der Waals surface area contributed by atoms with Crippen LogP contribution in [0.3, 0.4) is 0 Å². The minimum atomic E-state index is -1.16. The van der Waals surface area contributed by atoms with Gasteiger partial charge in [-0.2, -0.15) is 0 Å². The third-order valence-corrected chi connectivity index (χ3v) is 4.54. The molecule has 0 saturated carbocycles. The summed E-state index contributed by atoms with van der Waals surface area (Å²) in [6.45, 7) is 0. The summed E-state index contributed by atoms with van der Waals surface area (Å²) in [6.07, 6.45) is 2.29. The van der Waals surface area contributed by atoms with Gasteiger partial charge in [0.2, 0.25) is 0 Å². The summed E-state index contributed by atoms with van der Waals surface area (Å²) in [5.41, 5.74) is 0. The second kappa shape index (κ2) is 12.0. The summed E-state index contributed by atoms with van der Waals surface area (Å²) in [6, 6.07) is 0. The summed E-state index contributed by atoms with van der Waals surface area (Å²) >= 11 is 0. The van der Waals surface area contributed by atoms with Crippen LogP contribution in [0.4, 0.5) is 0 Å². The topological polar surface area (TPSA) is 80.9 Å². The first-order chi connectivity index (χ1) is 7.63. The normalized spacial score (nSPS) is 11.6. The lowest BCUT2D eigenvalue weighted by atomic mass is 10.2. The van der Waals surface area contributed by atoms with Crippen LogP contribution in [0, 0.1) is 0 Å². The smallest absolute Gasteiger partial charge is 0.151 e. The highest BCUT2D eigenvalue weighted by atomic mass is 33.1. The second-order valence-corrected chi connectivity index (χ2v) is 6.30. The van der Waals surface area contributed by atoms with Crippen LogP contribution in [-0.4, -0.2) is 44.5 Å². The summed E-state index contributed by atoms with van der Waals surface area (Å²) in [4.78, 5) is 0. The zero-order valence-electron chi connectivity index (χ0n) is 9.42. The van der Waals surface area contributed by atoms with E-state index in [9.17, 15) is 0 Å². The van der Waals surface area contributed by atoms with Crippen molar-refractivity contribution in [3.8, 4) is 0 Å². The van der Waals surface area contributed by atoms with Crippen LogP contribution in [0.15, 0.2) is 0 Å². The van der Waals surface area contributed by atoms with Gasteiger partial charge in [-0.1, -0.05) is 21.6 Å². The molecule has 16 heavy (non-hydrogen) atoms. The van der Waals surface area contributed by atoms with Gasteiger partial charge in [0, 0.05) is 11.5 Å². The number of hydrogen-bond acceptors (Lipinski definition) is 6. The molecule has 0 saturated heterocycles. The lowest BCUT2D eigenvalue weighted by Crippen LogP contribution is -2.03. The monoisotopic (exact) mass is 270 g/mol. The fraction of sp³-hybridized carbons (Fsp3) is 1.00. The van der Waals surface area contributed by atoms with Crippen LogP contribution in [0.1, 0.15) is 38.5 Å². The third-order valence-electron chi connectivity index (χ3n) is 1.96. The molecule has 0 aromatic heterocycles. The highest BCUT2D eigenvalue weighted by Gasteiger charge is 1.98. The van der Waals surface area contributed by atoms with E-state index in [1.165, 1.54) is 0 Å². The maximum absolute atomic E-state index is 8.60. The number of unbranched alkanes of at least 4 members (excludes halogenated alkanes) is 2. The van der Waals surface area contributed by atoms with Crippen LogP contribution in [0.2, 0.25) is 0 Å². The molecule has 0 aliphatic heterocycles. The zero-order chi connectivity index (χ0) is 12.2. The van der Waals surface area contributed by atoms with Crippen molar-refractivity contribution in [3.05, 3.63) is 0 Å². The van der Waals surface area contributed by atoms with E-state index in [0.29, 0.717) is 12.8 Å². The standard InChI is InChI=1S/C10H22O4S2/c11-9(12)5-1-3-7-15-16-8-4-2-6-10(13)14/h9-14H,1-8H2. The minimum absolute atomic E-state index is 0.458. The molecule has 6 heteroatoms. The van der Waals surface area contributed by atoms with Crippen LogP contribution in [-0.2, 0) is 0 Å². The van der Waals surface area contributed by atoms with E-state index in [4.69, 9.17) is 20.4 Å². The molecule has 0 aromatic carbocycles. The van der Waals surface area contributed by atoms with Crippen molar-refractivity contribution in [1.29, 1.82) is 0 Å². The van der Waals surface area contributed by atoms with Crippen molar-refractivity contribution in [2.75, 3.05) is 11.5 Å². The van der Waals surface area contributed by atoms with Crippen molar-refractivity contribution in [2.45, 2.75) is 51.1 Å². The largest absolute Gasteiger partial charge is 0.368 e. The Morgan fingerprint density at radius 2 is 1.00 bits per heavy atom. The quantitative estimate of drug-likeness (QED) is 0.258. The Morgan fingerprint density at radius 3 is 1.31 bits per heavy atom. The summed E-state index contributed by atoms with van der Waals surface area (Å²) in [7, 11) is 3.58. The number of hydrogen-bond donors (Lipinski definition) is 4. The Hall–Kier alpha value is 0.540. The van der Waals surface area contributed by atoms with E-state index in [2.05, 4.69) is 0 Å². The van der Waals surface area contributed by atoms with Gasteiger partial charge in [-0.05, 0) is 38.5 Å². The third kappa shape index (κ3) is 14.5. The molecule has 0 unspecified atom stereocenters. The Labute approximate surface area is 105 Å². The van der Waals surface area contributed by atoms with Gasteiger partial charge in [0.15, 0.2) is 12.6 Å². The minimum Gasteiger partial charge on any atom is -0.368 e. The average Bonchev–Trinajstić information content (AvgIpc) is 2.20. The molecular formula is C10H22O4S2. The van der Waals surface area contributed by atoms with Gasteiger partial charge in [0.05, 0.1) is 0 Å². The van der Waals surface area contributed by atoms with Crippen LogP contribution >= 0.6 is 21.6 Å². The first-order valence-electron chi connectivity index (χ1n) is 5.59. The van der Waals surface area contributed by atoms with Crippen molar-refractivity contribution in [3.63, 3.8) is 0 Å². The maximum atomic E-state index is 8.60. The van der Waals surface area contributed by atoms with Crippen molar-refractivity contribution >= 4 is 21.6 Å². The summed E-state index contributed by atoms with van der Waals surface area (Å²) < 4.78 is 0. The lowest BCUT2D eigenvalue weighted by Gasteiger charge is -2.04. The van der Waals surface area contributed by atoms with Gasteiger partial charge in [-0.25, -0.2) is 0 Å². The molecule has 0 radical (unpaired) electrons. The van der Waals surface area contributed by atoms with E-state index in [1.54, 1.807) is 21.6 Å². The van der Waals surface area contributed by atoms with Crippen LogP contribution < -0.4 is 0 Å². The molecule has 4 nitrogen and oxygen atoms in total. The fourth-order valence-electron chi connectivity index (χ4n) is 1.09. The van der Waals surface area contributed by atoms with Crippen LogP contribution in [0.25, 0.3) is 0 Å². The highest BCUT2D eigenvalue weighted by molar-refractivity contribution is 8.76. The number of aliphatic hydroxyl groups excluding tert-OH is 2. The average molecular weight is 270 g/mol. The first-order valence-corrected chi connectivity index (χ1v) is 8.08. The van der Waals surface area contributed by atoms with Crippen molar-refractivity contribution < 1.29 is 20.4 Å². The number of aliphatic hydroxyl groups is 4. The Bertz CT molecular complexity index is 129. The molecule has 0 amide bonds. The second-order valence-electron chi connectivity index (χ2n) is 3.60. The summed E-state index contributed by atoms with van der Waals surface area (Å²) in [5, 5.41) is 34.4. The van der Waals surface area contributed by atoms with E-state index >= 15 is 0 Å². The molecule has 0 spiro atoms. The molecule has 4 N–H and O–H groups in total. The van der Waals surface area contributed by atoms with Crippen molar-refractivity contribution in [2.24, 2.45) is 0 Å².